The molecule has 4 aromatic carbocycles. The summed E-state index contributed by atoms with van der Waals surface area (Å²) in [5, 5.41) is 13.6. The topological polar surface area (TPSA) is 92.7 Å². The molecule has 0 aliphatic heterocycles. The molecule has 0 fully saturated rings. The van der Waals surface area contributed by atoms with Crippen LogP contribution in [0.25, 0.3) is 0 Å². The first-order chi connectivity index (χ1) is 17.0. The van der Waals surface area contributed by atoms with Crippen LogP contribution in [0.1, 0.15) is 54.7 Å². The number of carbonyl (C=O) groups excluding carboxylic acids is 3. The molecule has 6 heteroatoms. The summed E-state index contributed by atoms with van der Waals surface area (Å²) in [5.74, 6) is -1.37. The summed E-state index contributed by atoms with van der Waals surface area (Å²) in [4.78, 5) is 40.0. The van der Waals surface area contributed by atoms with Crippen molar-refractivity contribution in [2.24, 2.45) is 0 Å². The summed E-state index contributed by atoms with van der Waals surface area (Å²) in [7, 11) is 0. The standard InChI is InChI=1S/C29H21NO5/c1-2-17-12-14-18(15-13-17)29(34)30-26-23(35-19-8-4-3-5-9-19)16-22(31)24-25(26)28(33)21-11-7-6-10-20(21)27(24)32/h3-16,31H,2H2,1H3,(H,30,34). The number of benzene rings is 4. The van der Waals surface area contributed by atoms with Crippen molar-refractivity contribution in [3.63, 3.8) is 0 Å². The number of rotatable bonds is 5. The molecule has 1 aliphatic rings. The second-order valence-electron chi connectivity index (χ2n) is 8.14. The Balaban J connectivity index is 1.67. The van der Waals surface area contributed by atoms with E-state index in [9.17, 15) is 19.5 Å². The number of ketones is 2. The Bertz CT molecular complexity index is 1470. The van der Waals surface area contributed by atoms with Gasteiger partial charge in [-0.25, -0.2) is 0 Å². The third-order valence-electron chi connectivity index (χ3n) is 5.97. The highest BCUT2D eigenvalue weighted by molar-refractivity contribution is 6.32. The summed E-state index contributed by atoms with van der Waals surface area (Å²) in [6.07, 6.45) is 0.832. The number of nitrogens with one attached hydrogen (secondary N) is 1. The molecule has 0 aromatic heterocycles. The number of hydrogen-bond acceptors (Lipinski definition) is 5. The zero-order valence-corrected chi connectivity index (χ0v) is 18.9. The first-order valence-corrected chi connectivity index (χ1v) is 11.2. The van der Waals surface area contributed by atoms with E-state index in [0.29, 0.717) is 11.3 Å². The lowest BCUT2D eigenvalue weighted by atomic mass is 9.82. The van der Waals surface area contributed by atoms with Crippen LogP contribution in [0, 0.1) is 0 Å². The fraction of sp³-hybridized carbons (Fsp3) is 0.0690. The minimum atomic E-state index is -0.498. The average Bonchev–Trinajstić information content (AvgIpc) is 2.89. The van der Waals surface area contributed by atoms with Crippen LogP contribution in [-0.4, -0.2) is 22.6 Å². The molecule has 35 heavy (non-hydrogen) atoms. The van der Waals surface area contributed by atoms with Crippen molar-refractivity contribution in [2.45, 2.75) is 13.3 Å². The molecule has 0 saturated carbocycles. The lowest BCUT2D eigenvalue weighted by Gasteiger charge is -2.23. The van der Waals surface area contributed by atoms with E-state index in [1.165, 1.54) is 6.07 Å². The fourth-order valence-corrected chi connectivity index (χ4v) is 4.15. The maximum atomic E-state index is 13.6. The number of carbonyl (C=O) groups is 3. The van der Waals surface area contributed by atoms with Crippen molar-refractivity contribution in [3.8, 4) is 17.2 Å². The summed E-state index contributed by atoms with van der Waals surface area (Å²) < 4.78 is 5.96. The minimum Gasteiger partial charge on any atom is -0.507 e. The van der Waals surface area contributed by atoms with Crippen LogP contribution in [0.15, 0.2) is 84.9 Å². The Hall–Kier alpha value is -4.71. The molecule has 0 unspecified atom stereocenters. The van der Waals surface area contributed by atoms with Crippen molar-refractivity contribution in [3.05, 3.63) is 118 Å². The van der Waals surface area contributed by atoms with Gasteiger partial charge in [-0.15, -0.1) is 0 Å². The molecule has 0 bridgehead atoms. The van der Waals surface area contributed by atoms with E-state index in [2.05, 4.69) is 5.32 Å². The van der Waals surface area contributed by atoms with Crippen molar-refractivity contribution in [1.82, 2.24) is 0 Å². The predicted molar refractivity (Wildman–Crippen MR) is 132 cm³/mol. The molecule has 6 nitrogen and oxygen atoms in total. The highest BCUT2D eigenvalue weighted by Crippen LogP contribution is 2.44. The highest BCUT2D eigenvalue weighted by atomic mass is 16.5. The zero-order chi connectivity index (χ0) is 24.5. The maximum absolute atomic E-state index is 13.6. The van der Waals surface area contributed by atoms with Crippen LogP contribution < -0.4 is 10.1 Å². The van der Waals surface area contributed by atoms with Crippen molar-refractivity contribution >= 4 is 23.2 Å². The van der Waals surface area contributed by atoms with Crippen LogP contribution in [0.5, 0.6) is 17.2 Å². The van der Waals surface area contributed by atoms with Gasteiger partial charge in [0.1, 0.15) is 11.5 Å². The van der Waals surface area contributed by atoms with Gasteiger partial charge in [-0.1, -0.05) is 61.5 Å². The summed E-state index contributed by atoms with van der Waals surface area (Å²) in [6.45, 7) is 2.02. The number of para-hydroxylation sites is 1. The van der Waals surface area contributed by atoms with E-state index in [-0.39, 0.29) is 33.7 Å². The Labute approximate surface area is 201 Å². The van der Waals surface area contributed by atoms with Crippen LogP contribution in [0.2, 0.25) is 0 Å². The lowest BCUT2D eigenvalue weighted by Crippen LogP contribution is -2.24. The number of aromatic hydroxyl groups is 1. The molecule has 0 saturated heterocycles. The van der Waals surface area contributed by atoms with Gasteiger partial charge in [0.15, 0.2) is 17.3 Å². The molecule has 0 radical (unpaired) electrons. The Morgan fingerprint density at radius 2 is 1.43 bits per heavy atom. The SMILES string of the molecule is CCc1ccc(C(=O)Nc2c(Oc3ccccc3)cc(O)c3c2C(=O)c2ccccc2C3=O)cc1. The van der Waals surface area contributed by atoms with Gasteiger partial charge < -0.3 is 15.2 Å². The predicted octanol–water partition coefficient (Wildman–Crippen LogP) is 5.77. The van der Waals surface area contributed by atoms with Gasteiger partial charge in [0.05, 0.1) is 16.8 Å². The van der Waals surface area contributed by atoms with Crippen LogP contribution >= 0.6 is 0 Å². The van der Waals surface area contributed by atoms with Crippen molar-refractivity contribution < 1.29 is 24.2 Å². The van der Waals surface area contributed by atoms with Gasteiger partial charge in [-0.2, -0.15) is 0 Å². The van der Waals surface area contributed by atoms with Gasteiger partial charge in [-0.05, 0) is 36.2 Å². The lowest BCUT2D eigenvalue weighted by molar-refractivity contribution is 0.0976. The van der Waals surface area contributed by atoms with Crippen LogP contribution in [0.3, 0.4) is 0 Å². The number of amides is 1. The number of fused-ring (bicyclic) bond motifs is 2. The Morgan fingerprint density at radius 3 is 2.06 bits per heavy atom. The van der Waals surface area contributed by atoms with Gasteiger partial charge in [-0.3, -0.25) is 14.4 Å². The molecule has 1 aliphatic carbocycles. The van der Waals surface area contributed by atoms with Crippen molar-refractivity contribution in [1.29, 1.82) is 0 Å². The third kappa shape index (κ3) is 3.95. The van der Waals surface area contributed by atoms with E-state index in [4.69, 9.17) is 4.74 Å². The number of ether oxygens (including phenoxy) is 1. The largest absolute Gasteiger partial charge is 0.507 e. The molecule has 0 spiro atoms. The number of phenolic OH excluding ortho intramolecular Hbond substituents is 1. The molecular formula is C29H21NO5. The van der Waals surface area contributed by atoms with Gasteiger partial charge >= 0.3 is 0 Å². The third-order valence-corrected chi connectivity index (χ3v) is 5.97. The molecular weight excluding hydrogens is 442 g/mol. The minimum absolute atomic E-state index is 0.0269. The summed E-state index contributed by atoms with van der Waals surface area (Å²) in [6, 6.07) is 23.5. The normalized spacial score (nSPS) is 12.0. The molecule has 0 heterocycles. The molecule has 0 atom stereocenters. The number of phenols is 1. The highest BCUT2D eigenvalue weighted by Gasteiger charge is 2.36. The number of aryl methyl sites for hydroxylation is 1. The first kappa shape index (κ1) is 22.1. The van der Waals surface area contributed by atoms with Gasteiger partial charge in [0.25, 0.3) is 5.91 Å². The molecule has 4 aromatic rings. The number of hydrogen-bond donors (Lipinski definition) is 2. The fourth-order valence-electron chi connectivity index (χ4n) is 4.15. The van der Waals surface area contributed by atoms with E-state index in [0.717, 1.165) is 12.0 Å². The van der Waals surface area contributed by atoms with Crippen LogP contribution in [-0.2, 0) is 6.42 Å². The molecule has 172 valence electrons. The smallest absolute Gasteiger partial charge is 0.255 e. The number of anilines is 1. The van der Waals surface area contributed by atoms with E-state index < -0.39 is 23.2 Å². The second-order valence-corrected chi connectivity index (χ2v) is 8.14. The Morgan fingerprint density at radius 1 is 0.829 bits per heavy atom. The van der Waals surface area contributed by atoms with E-state index in [1.807, 2.05) is 25.1 Å². The van der Waals surface area contributed by atoms with Crippen molar-refractivity contribution in [2.75, 3.05) is 5.32 Å². The Kier molecular flexibility index (Phi) is 5.63. The average molecular weight is 463 g/mol. The van der Waals surface area contributed by atoms with E-state index in [1.54, 1.807) is 60.7 Å². The summed E-state index contributed by atoms with van der Waals surface area (Å²) >= 11 is 0. The molecule has 1 amide bonds. The monoisotopic (exact) mass is 463 g/mol. The second kappa shape index (κ2) is 8.91. The molecule has 5 rings (SSSR count). The van der Waals surface area contributed by atoms with Crippen LogP contribution in [0.4, 0.5) is 5.69 Å². The molecule has 2 N–H and O–H groups in total. The van der Waals surface area contributed by atoms with Gasteiger partial charge in [0, 0.05) is 22.8 Å². The van der Waals surface area contributed by atoms with E-state index >= 15 is 0 Å². The first-order valence-electron chi connectivity index (χ1n) is 11.2. The van der Waals surface area contributed by atoms with Gasteiger partial charge in [0.2, 0.25) is 0 Å². The summed E-state index contributed by atoms with van der Waals surface area (Å²) in [5.41, 5.74) is 1.62. The maximum Gasteiger partial charge on any atom is 0.255 e. The zero-order valence-electron chi connectivity index (χ0n) is 18.9. The quantitative estimate of drug-likeness (QED) is 0.323.